The SMILES string of the molecule is COC1(c2ccccc2)CCN(c2cc(C)nn3cnnc23)CC1. The summed E-state index contributed by atoms with van der Waals surface area (Å²) in [4.78, 5) is 2.36. The molecule has 0 atom stereocenters. The van der Waals surface area contributed by atoms with Gasteiger partial charge in [-0.3, -0.25) is 0 Å². The van der Waals surface area contributed by atoms with E-state index in [1.54, 1.807) is 10.8 Å². The van der Waals surface area contributed by atoms with Gasteiger partial charge in [0.15, 0.2) is 0 Å². The maximum absolute atomic E-state index is 5.97. The lowest BCUT2D eigenvalue weighted by molar-refractivity contribution is -0.0346. The molecule has 1 aliphatic heterocycles. The van der Waals surface area contributed by atoms with Crippen molar-refractivity contribution in [1.29, 1.82) is 0 Å². The van der Waals surface area contributed by atoms with Gasteiger partial charge in [-0.2, -0.15) is 9.61 Å². The molecule has 0 unspecified atom stereocenters. The summed E-state index contributed by atoms with van der Waals surface area (Å²) in [5.41, 5.74) is 3.92. The number of fused-ring (bicyclic) bond motifs is 1. The van der Waals surface area contributed by atoms with Gasteiger partial charge in [-0.1, -0.05) is 30.3 Å². The van der Waals surface area contributed by atoms with Crippen LogP contribution in [-0.2, 0) is 10.3 Å². The van der Waals surface area contributed by atoms with Gasteiger partial charge in [-0.05, 0) is 31.4 Å². The third-order valence-electron chi connectivity index (χ3n) is 4.97. The van der Waals surface area contributed by atoms with Gasteiger partial charge in [0.25, 0.3) is 0 Å². The Kier molecular flexibility index (Phi) is 3.69. The van der Waals surface area contributed by atoms with Crippen molar-refractivity contribution in [1.82, 2.24) is 19.8 Å². The van der Waals surface area contributed by atoms with Gasteiger partial charge < -0.3 is 9.64 Å². The Balaban J connectivity index is 1.62. The molecule has 2 aromatic heterocycles. The van der Waals surface area contributed by atoms with E-state index in [1.807, 2.05) is 20.1 Å². The first-order chi connectivity index (χ1) is 11.7. The van der Waals surface area contributed by atoms with Crippen LogP contribution < -0.4 is 4.90 Å². The second kappa shape index (κ2) is 5.87. The number of aryl methyl sites for hydroxylation is 1. The molecular formula is C18H21N5O. The summed E-state index contributed by atoms with van der Waals surface area (Å²) in [6.45, 7) is 3.82. The molecule has 0 spiro atoms. The summed E-state index contributed by atoms with van der Waals surface area (Å²) in [5.74, 6) is 0. The zero-order chi connectivity index (χ0) is 16.6. The zero-order valence-corrected chi connectivity index (χ0v) is 14.0. The molecule has 6 nitrogen and oxygen atoms in total. The monoisotopic (exact) mass is 323 g/mol. The van der Waals surface area contributed by atoms with Crippen molar-refractivity contribution in [3.05, 3.63) is 54.0 Å². The highest BCUT2D eigenvalue weighted by Gasteiger charge is 2.36. The number of anilines is 1. The van der Waals surface area contributed by atoms with E-state index in [1.165, 1.54) is 5.56 Å². The minimum Gasteiger partial charge on any atom is -0.373 e. The molecule has 1 saturated heterocycles. The van der Waals surface area contributed by atoms with E-state index in [4.69, 9.17) is 4.74 Å². The summed E-state index contributed by atoms with van der Waals surface area (Å²) in [6.07, 6.45) is 3.53. The van der Waals surface area contributed by atoms with Crippen LogP contribution in [0.25, 0.3) is 5.65 Å². The van der Waals surface area contributed by atoms with Gasteiger partial charge in [0, 0.05) is 20.2 Å². The number of piperidine rings is 1. The molecule has 1 aromatic carbocycles. The minimum atomic E-state index is -0.205. The summed E-state index contributed by atoms with van der Waals surface area (Å²) in [6, 6.07) is 12.6. The van der Waals surface area contributed by atoms with E-state index < -0.39 is 0 Å². The number of hydrogen-bond donors (Lipinski definition) is 0. The van der Waals surface area contributed by atoms with Crippen LogP contribution in [0, 0.1) is 6.92 Å². The van der Waals surface area contributed by atoms with Gasteiger partial charge in [0.1, 0.15) is 6.33 Å². The van der Waals surface area contributed by atoms with Crippen LogP contribution in [0.5, 0.6) is 0 Å². The first-order valence-corrected chi connectivity index (χ1v) is 8.25. The minimum absolute atomic E-state index is 0.205. The van der Waals surface area contributed by atoms with Crippen molar-refractivity contribution in [3.63, 3.8) is 0 Å². The average Bonchev–Trinajstić information content (AvgIpc) is 3.10. The van der Waals surface area contributed by atoms with Gasteiger partial charge in [0.05, 0.1) is 17.0 Å². The molecule has 0 radical (unpaired) electrons. The number of aromatic nitrogens is 4. The lowest BCUT2D eigenvalue weighted by Gasteiger charge is -2.42. The van der Waals surface area contributed by atoms with E-state index in [-0.39, 0.29) is 5.60 Å². The maximum atomic E-state index is 5.97. The van der Waals surface area contributed by atoms with E-state index >= 15 is 0 Å². The molecule has 0 bridgehead atoms. The number of nitrogens with zero attached hydrogens (tertiary/aromatic N) is 5. The van der Waals surface area contributed by atoms with E-state index in [0.717, 1.165) is 43.0 Å². The molecule has 3 heterocycles. The van der Waals surface area contributed by atoms with Crippen LogP contribution >= 0.6 is 0 Å². The second-order valence-corrected chi connectivity index (χ2v) is 6.32. The smallest absolute Gasteiger partial charge is 0.200 e. The van der Waals surface area contributed by atoms with Crippen LogP contribution in [0.3, 0.4) is 0 Å². The highest BCUT2D eigenvalue weighted by atomic mass is 16.5. The predicted octanol–water partition coefficient (Wildman–Crippen LogP) is 2.57. The Morgan fingerprint density at radius 1 is 1.12 bits per heavy atom. The number of hydrogen-bond acceptors (Lipinski definition) is 5. The van der Waals surface area contributed by atoms with Crippen LogP contribution in [0.1, 0.15) is 24.1 Å². The molecule has 0 aliphatic carbocycles. The third kappa shape index (κ3) is 2.43. The molecule has 3 aromatic rings. The van der Waals surface area contributed by atoms with Crippen molar-refractivity contribution in [2.24, 2.45) is 0 Å². The van der Waals surface area contributed by atoms with Crippen molar-refractivity contribution >= 4 is 11.3 Å². The van der Waals surface area contributed by atoms with Gasteiger partial charge >= 0.3 is 0 Å². The number of benzene rings is 1. The molecule has 0 amide bonds. The van der Waals surface area contributed by atoms with Gasteiger partial charge in [-0.15, -0.1) is 10.2 Å². The average molecular weight is 323 g/mol. The summed E-state index contributed by atoms with van der Waals surface area (Å²) < 4.78 is 7.72. The topological polar surface area (TPSA) is 55.5 Å². The molecule has 4 rings (SSSR count). The van der Waals surface area contributed by atoms with E-state index in [9.17, 15) is 0 Å². The van der Waals surface area contributed by atoms with Crippen LogP contribution in [-0.4, -0.2) is 40.0 Å². The summed E-state index contributed by atoms with van der Waals surface area (Å²) in [5, 5.41) is 12.6. The molecule has 6 heteroatoms. The molecule has 0 saturated carbocycles. The standard InChI is InChI=1S/C18H21N5O/c1-14-12-16(17-20-19-13-23(17)21-14)22-10-8-18(24-2,9-11-22)15-6-4-3-5-7-15/h3-7,12-13H,8-11H2,1-2H3. The molecule has 1 fully saturated rings. The fraction of sp³-hybridized carbons (Fsp3) is 0.389. The Morgan fingerprint density at radius 3 is 2.58 bits per heavy atom. The first kappa shape index (κ1) is 15.1. The fourth-order valence-electron chi connectivity index (χ4n) is 3.63. The van der Waals surface area contributed by atoms with Crippen LogP contribution in [0.4, 0.5) is 5.69 Å². The highest BCUT2D eigenvalue weighted by molar-refractivity contribution is 5.68. The zero-order valence-electron chi connectivity index (χ0n) is 14.0. The lowest BCUT2D eigenvalue weighted by Crippen LogP contribution is -2.44. The molecule has 24 heavy (non-hydrogen) atoms. The number of rotatable bonds is 3. The number of ether oxygens (including phenoxy) is 1. The second-order valence-electron chi connectivity index (χ2n) is 6.32. The van der Waals surface area contributed by atoms with Crippen molar-refractivity contribution < 1.29 is 4.74 Å². The third-order valence-corrected chi connectivity index (χ3v) is 4.97. The van der Waals surface area contributed by atoms with Crippen molar-refractivity contribution in [2.45, 2.75) is 25.4 Å². The van der Waals surface area contributed by atoms with Gasteiger partial charge in [-0.25, -0.2) is 0 Å². The van der Waals surface area contributed by atoms with Crippen molar-refractivity contribution in [2.75, 3.05) is 25.1 Å². The summed E-state index contributed by atoms with van der Waals surface area (Å²) >= 11 is 0. The Hall–Kier alpha value is -2.47. The quantitative estimate of drug-likeness (QED) is 0.741. The Bertz CT molecular complexity index is 837. The molecule has 0 N–H and O–H groups in total. The van der Waals surface area contributed by atoms with Crippen LogP contribution in [0.2, 0.25) is 0 Å². The first-order valence-electron chi connectivity index (χ1n) is 8.25. The normalized spacial score (nSPS) is 17.3. The summed E-state index contributed by atoms with van der Waals surface area (Å²) in [7, 11) is 1.82. The predicted molar refractivity (Wildman–Crippen MR) is 92.1 cm³/mol. The number of methoxy groups -OCH3 is 1. The molecule has 1 aliphatic rings. The Morgan fingerprint density at radius 2 is 1.88 bits per heavy atom. The lowest BCUT2D eigenvalue weighted by atomic mass is 9.84. The Labute approximate surface area is 141 Å². The fourth-order valence-corrected chi connectivity index (χ4v) is 3.63. The van der Waals surface area contributed by atoms with E-state index in [0.29, 0.717) is 0 Å². The molecular weight excluding hydrogens is 302 g/mol. The largest absolute Gasteiger partial charge is 0.373 e. The highest BCUT2D eigenvalue weighted by Crippen LogP contribution is 2.38. The van der Waals surface area contributed by atoms with Crippen LogP contribution in [0.15, 0.2) is 42.7 Å². The van der Waals surface area contributed by atoms with Gasteiger partial charge in [0.2, 0.25) is 5.65 Å². The molecule has 124 valence electrons. The van der Waals surface area contributed by atoms with E-state index in [2.05, 4.69) is 50.5 Å². The maximum Gasteiger partial charge on any atom is 0.200 e. The van der Waals surface area contributed by atoms with Crippen molar-refractivity contribution in [3.8, 4) is 0 Å².